The summed E-state index contributed by atoms with van der Waals surface area (Å²) in [6.45, 7) is 4.20. The maximum atomic E-state index is 11.9. The number of allylic oxidation sites excluding steroid dienone is 1. The van der Waals surface area contributed by atoms with Crippen LogP contribution in [0.2, 0.25) is 0 Å². The van der Waals surface area contributed by atoms with Crippen molar-refractivity contribution in [3.63, 3.8) is 0 Å². The van der Waals surface area contributed by atoms with E-state index in [0.717, 1.165) is 11.3 Å². The van der Waals surface area contributed by atoms with Crippen LogP contribution in [0, 0.1) is 11.8 Å². The van der Waals surface area contributed by atoms with Crippen molar-refractivity contribution in [3.05, 3.63) is 12.2 Å². The molecule has 1 aliphatic heterocycles. The van der Waals surface area contributed by atoms with Crippen molar-refractivity contribution in [2.45, 2.75) is 32.4 Å². The first kappa shape index (κ1) is 12.3. The second kappa shape index (κ2) is 4.61. The second-order valence-electron chi connectivity index (χ2n) is 5.01. The lowest BCUT2D eigenvalue weighted by Gasteiger charge is -2.23. The molecule has 1 saturated heterocycles. The molecule has 4 nitrogen and oxygen atoms in total. The Morgan fingerprint density at radius 1 is 1.59 bits per heavy atom. The van der Waals surface area contributed by atoms with Crippen LogP contribution in [0.3, 0.4) is 0 Å². The van der Waals surface area contributed by atoms with E-state index in [1.165, 1.54) is 0 Å². The number of ether oxygens (including phenoxy) is 1. The van der Waals surface area contributed by atoms with Gasteiger partial charge in [0.15, 0.2) is 11.8 Å². The Kier molecular flexibility index (Phi) is 3.33. The van der Waals surface area contributed by atoms with Crippen LogP contribution < -0.4 is 4.90 Å². The van der Waals surface area contributed by atoms with E-state index in [1.54, 1.807) is 6.08 Å². The SMILES string of the molecule is CCOC(=O)[C@H]1[C@@H](C)[C@H]2C(=O)C=CC[C@@H]2[NH+]1C. The normalized spacial score (nSPS) is 40.2. The topological polar surface area (TPSA) is 47.8 Å². The van der Waals surface area contributed by atoms with Crippen LogP contribution in [0.5, 0.6) is 0 Å². The molecular formula is C13H20NO3+. The summed E-state index contributed by atoms with van der Waals surface area (Å²) < 4.78 is 5.12. The number of hydrogen-bond donors (Lipinski definition) is 1. The quantitative estimate of drug-likeness (QED) is 0.666. The molecule has 1 unspecified atom stereocenters. The molecule has 1 aliphatic carbocycles. The molecule has 0 saturated carbocycles. The predicted octanol–water partition coefficient (Wildman–Crippen LogP) is -0.404. The second-order valence-corrected chi connectivity index (χ2v) is 5.01. The lowest BCUT2D eigenvalue weighted by molar-refractivity contribution is -0.910. The standard InChI is InChI=1S/C13H19NO3/c1-4-17-13(16)12-8(2)11-9(14(12)3)6-5-7-10(11)15/h5,7-9,11-12H,4,6H2,1-3H3/p+1/t8-,9-,11+,12+/m0/s1. The fraction of sp³-hybridized carbons (Fsp3) is 0.692. The van der Waals surface area contributed by atoms with Gasteiger partial charge in [-0.3, -0.25) is 4.79 Å². The molecule has 1 fully saturated rings. The molecule has 2 aliphatic rings. The Bertz CT molecular complexity index is 364. The van der Waals surface area contributed by atoms with Gasteiger partial charge in [0, 0.05) is 12.3 Å². The molecule has 2 rings (SSSR count). The maximum absolute atomic E-state index is 11.9. The van der Waals surface area contributed by atoms with Gasteiger partial charge in [0.1, 0.15) is 6.04 Å². The van der Waals surface area contributed by atoms with Gasteiger partial charge in [-0.15, -0.1) is 0 Å². The molecule has 0 amide bonds. The van der Waals surface area contributed by atoms with Crippen molar-refractivity contribution in [3.8, 4) is 0 Å². The lowest BCUT2D eigenvalue weighted by Crippen LogP contribution is -3.16. The molecule has 17 heavy (non-hydrogen) atoms. The van der Waals surface area contributed by atoms with Gasteiger partial charge in [0.25, 0.3) is 0 Å². The van der Waals surface area contributed by atoms with E-state index < -0.39 is 0 Å². The van der Waals surface area contributed by atoms with Crippen molar-refractivity contribution >= 4 is 11.8 Å². The summed E-state index contributed by atoms with van der Waals surface area (Å²) in [6, 6.07) is 0.0331. The predicted molar refractivity (Wildman–Crippen MR) is 62.5 cm³/mol. The average Bonchev–Trinajstić information content (AvgIpc) is 2.53. The van der Waals surface area contributed by atoms with E-state index in [4.69, 9.17) is 4.74 Å². The van der Waals surface area contributed by atoms with Gasteiger partial charge in [0.2, 0.25) is 0 Å². The monoisotopic (exact) mass is 238 g/mol. The highest BCUT2D eigenvalue weighted by molar-refractivity contribution is 5.94. The first-order valence-electron chi connectivity index (χ1n) is 6.28. The van der Waals surface area contributed by atoms with Crippen LogP contribution in [0.4, 0.5) is 0 Å². The first-order valence-corrected chi connectivity index (χ1v) is 6.28. The van der Waals surface area contributed by atoms with Gasteiger partial charge in [-0.1, -0.05) is 13.0 Å². The summed E-state index contributed by atoms with van der Waals surface area (Å²) in [6.07, 6.45) is 4.47. The highest BCUT2D eigenvalue weighted by Gasteiger charge is 2.55. The number of hydrogen-bond acceptors (Lipinski definition) is 3. The van der Waals surface area contributed by atoms with Gasteiger partial charge in [-0.05, 0) is 13.0 Å². The molecule has 5 atom stereocenters. The Morgan fingerprint density at radius 2 is 2.29 bits per heavy atom. The number of likely N-dealkylation sites (N-methyl/N-ethyl adjacent to an activating group) is 1. The fourth-order valence-corrected chi connectivity index (χ4v) is 3.37. The summed E-state index contributed by atoms with van der Waals surface area (Å²) in [5, 5.41) is 0. The molecule has 0 aromatic heterocycles. The van der Waals surface area contributed by atoms with E-state index in [0.29, 0.717) is 6.61 Å². The van der Waals surface area contributed by atoms with Gasteiger partial charge in [-0.2, -0.15) is 0 Å². The van der Waals surface area contributed by atoms with Crippen LogP contribution >= 0.6 is 0 Å². The summed E-state index contributed by atoms with van der Waals surface area (Å²) in [7, 11) is 2.00. The third kappa shape index (κ3) is 1.90. The van der Waals surface area contributed by atoms with Crippen molar-refractivity contribution < 1.29 is 19.2 Å². The van der Waals surface area contributed by atoms with Gasteiger partial charge < -0.3 is 9.64 Å². The molecule has 0 aromatic rings. The molecule has 1 N–H and O–H groups in total. The number of fused-ring (bicyclic) bond motifs is 1. The van der Waals surface area contributed by atoms with E-state index in [-0.39, 0.29) is 35.7 Å². The smallest absolute Gasteiger partial charge is 0.365 e. The van der Waals surface area contributed by atoms with Crippen molar-refractivity contribution in [2.24, 2.45) is 11.8 Å². The number of carbonyl (C=O) groups is 2. The third-order valence-electron chi connectivity index (χ3n) is 4.14. The highest BCUT2D eigenvalue weighted by Crippen LogP contribution is 2.29. The van der Waals surface area contributed by atoms with Gasteiger partial charge in [-0.25, -0.2) is 4.79 Å². The molecule has 0 aromatic carbocycles. The van der Waals surface area contributed by atoms with Crippen LogP contribution in [0.15, 0.2) is 12.2 Å². The minimum atomic E-state index is -0.200. The number of nitrogens with one attached hydrogen (secondary N) is 1. The third-order valence-corrected chi connectivity index (χ3v) is 4.14. The van der Waals surface area contributed by atoms with E-state index in [9.17, 15) is 9.59 Å². The van der Waals surface area contributed by atoms with E-state index >= 15 is 0 Å². The Labute approximate surface area is 102 Å². The van der Waals surface area contributed by atoms with Crippen molar-refractivity contribution in [2.75, 3.05) is 13.7 Å². The molecule has 0 radical (unpaired) electrons. The van der Waals surface area contributed by atoms with Crippen molar-refractivity contribution in [1.29, 1.82) is 0 Å². The molecular weight excluding hydrogens is 218 g/mol. The van der Waals surface area contributed by atoms with E-state index in [2.05, 4.69) is 0 Å². The number of rotatable bonds is 2. The van der Waals surface area contributed by atoms with Crippen LogP contribution in [0.25, 0.3) is 0 Å². The summed E-state index contributed by atoms with van der Waals surface area (Å²) in [5.41, 5.74) is 0. The Hall–Kier alpha value is -1.16. The van der Waals surface area contributed by atoms with E-state index in [1.807, 2.05) is 27.0 Å². The summed E-state index contributed by atoms with van der Waals surface area (Å²) >= 11 is 0. The molecule has 0 bridgehead atoms. The maximum Gasteiger partial charge on any atom is 0.365 e. The van der Waals surface area contributed by atoms with Gasteiger partial charge >= 0.3 is 5.97 Å². The summed E-state index contributed by atoms with van der Waals surface area (Å²) in [5.74, 6) is 0.0468. The first-order chi connectivity index (χ1) is 8.07. The van der Waals surface area contributed by atoms with Crippen molar-refractivity contribution in [1.82, 2.24) is 0 Å². The highest BCUT2D eigenvalue weighted by atomic mass is 16.5. The van der Waals surface area contributed by atoms with Gasteiger partial charge in [0.05, 0.1) is 19.6 Å². The number of likely N-dealkylation sites (tertiary alicyclic amines) is 1. The Balaban J connectivity index is 2.22. The zero-order chi connectivity index (χ0) is 12.6. The fourth-order valence-electron chi connectivity index (χ4n) is 3.37. The minimum absolute atomic E-state index is 0.0191. The molecule has 94 valence electrons. The zero-order valence-corrected chi connectivity index (χ0v) is 10.6. The summed E-state index contributed by atoms with van der Waals surface area (Å²) in [4.78, 5) is 25.0. The van der Waals surface area contributed by atoms with Crippen LogP contribution in [-0.2, 0) is 14.3 Å². The van der Waals surface area contributed by atoms with Crippen LogP contribution in [0.1, 0.15) is 20.3 Å². The lowest BCUT2D eigenvalue weighted by atomic mass is 9.81. The minimum Gasteiger partial charge on any atom is -0.462 e. The zero-order valence-electron chi connectivity index (χ0n) is 10.6. The molecule has 1 heterocycles. The number of carbonyl (C=O) groups excluding carboxylic acids is 2. The number of quaternary nitrogens is 1. The average molecular weight is 238 g/mol. The molecule has 4 heteroatoms. The van der Waals surface area contributed by atoms with Crippen LogP contribution in [-0.4, -0.2) is 37.5 Å². The number of ketones is 1. The largest absolute Gasteiger partial charge is 0.462 e. The number of esters is 1. The molecule has 0 spiro atoms. The Morgan fingerprint density at radius 3 is 2.88 bits per heavy atom.